The molecule has 96 valence electrons. The van der Waals surface area contributed by atoms with E-state index >= 15 is 0 Å². The molecule has 1 atom stereocenters. The average Bonchev–Trinajstić information content (AvgIpc) is 2.27. The maximum absolute atomic E-state index is 12.7. The van der Waals surface area contributed by atoms with E-state index in [1.54, 1.807) is 0 Å². The summed E-state index contributed by atoms with van der Waals surface area (Å²) in [6, 6.07) is 4.93. The van der Waals surface area contributed by atoms with E-state index in [0.29, 0.717) is 0 Å². The predicted octanol–water partition coefficient (Wildman–Crippen LogP) is 3.37. The highest BCUT2D eigenvalue weighted by molar-refractivity contribution is 6.18. The van der Waals surface area contributed by atoms with E-state index in [1.807, 2.05) is 0 Å². The van der Waals surface area contributed by atoms with Crippen LogP contribution in [0.1, 0.15) is 5.56 Å². The summed E-state index contributed by atoms with van der Waals surface area (Å²) < 4.78 is 42.9. The number of hydrogen-bond acceptors (Lipinski definition) is 2. The molecule has 0 heterocycles. The second-order valence-electron chi connectivity index (χ2n) is 3.49. The molecule has 0 amide bonds. The van der Waals surface area contributed by atoms with Crippen molar-refractivity contribution in [3.8, 4) is 0 Å². The highest BCUT2D eigenvalue weighted by atomic mass is 35.5. The van der Waals surface area contributed by atoms with Gasteiger partial charge in [-0.05, 0) is 12.1 Å². The first-order chi connectivity index (χ1) is 7.99. The zero-order valence-electron chi connectivity index (χ0n) is 9.22. The number of methoxy groups -OCH3 is 1. The van der Waals surface area contributed by atoms with Gasteiger partial charge in [0.25, 0.3) is 0 Å². The Morgan fingerprint density at radius 2 is 2.00 bits per heavy atom. The van der Waals surface area contributed by atoms with Crippen LogP contribution in [-0.2, 0) is 10.9 Å². The third-order valence-corrected chi connectivity index (χ3v) is 2.52. The molecule has 1 aromatic rings. The Morgan fingerprint density at radius 1 is 1.35 bits per heavy atom. The quantitative estimate of drug-likeness (QED) is 0.826. The summed E-state index contributed by atoms with van der Waals surface area (Å²) in [5.74, 6) is 0.167. The van der Waals surface area contributed by atoms with E-state index in [9.17, 15) is 13.2 Å². The van der Waals surface area contributed by atoms with Crippen molar-refractivity contribution in [3.05, 3.63) is 29.8 Å². The van der Waals surface area contributed by atoms with Crippen molar-refractivity contribution in [2.24, 2.45) is 0 Å². The van der Waals surface area contributed by atoms with Gasteiger partial charge in [0.1, 0.15) is 0 Å². The summed E-state index contributed by atoms with van der Waals surface area (Å²) in [5.41, 5.74) is -0.686. The molecule has 0 saturated carbocycles. The first-order valence-electron chi connectivity index (χ1n) is 4.96. The molecule has 6 heteroatoms. The highest BCUT2D eigenvalue weighted by Gasteiger charge is 2.33. The SMILES string of the molecule is COCC(CCl)Nc1ccccc1C(F)(F)F. The van der Waals surface area contributed by atoms with Crippen molar-refractivity contribution in [2.75, 3.05) is 24.9 Å². The van der Waals surface area contributed by atoms with Crippen LogP contribution in [0.3, 0.4) is 0 Å². The molecule has 1 unspecified atom stereocenters. The monoisotopic (exact) mass is 267 g/mol. The number of alkyl halides is 4. The lowest BCUT2D eigenvalue weighted by atomic mass is 10.1. The Bertz CT molecular complexity index is 357. The normalized spacial score (nSPS) is 13.5. The molecule has 0 aromatic heterocycles. The Morgan fingerprint density at radius 3 is 2.53 bits per heavy atom. The molecule has 0 spiro atoms. The minimum Gasteiger partial charge on any atom is -0.383 e. The van der Waals surface area contributed by atoms with Crippen LogP contribution in [0, 0.1) is 0 Å². The second-order valence-corrected chi connectivity index (χ2v) is 3.80. The number of benzene rings is 1. The van der Waals surface area contributed by atoms with Gasteiger partial charge in [-0.1, -0.05) is 12.1 Å². The number of halogens is 4. The maximum atomic E-state index is 12.7. The summed E-state index contributed by atoms with van der Waals surface area (Å²) >= 11 is 5.64. The van der Waals surface area contributed by atoms with Gasteiger partial charge >= 0.3 is 6.18 Å². The molecule has 17 heavy (non-hydrogen) atoms. The molecule has 1 aromatic carbocycles. The van der Waals surface area contributed by atoms with Crippen LogP contribution in [-0.4, -0.2) is 25.6 Å². The van der Waals surface area contributed by atoms with Crippen molar-refractivity contribution < 1.29 is 17.9 Å². The van der Waals surface area contributed by atoms with Crippen LogP contribution < -0.4 is 5.32 Å². The van der Waals surface area contributed by atoms with Crippen LogP contribution in [0.4, 0.5) is 18.9 Å². The van der Waals surface area contributed by atoms with E-state index in [1.165, 1.54) is 25.3 Å². The predicted molar refractivity (Wildman–Crippen MR) is 61.5 cm³/mol. The van der Waals surface area contributed by atoms with Crippen molar-refractivity contribution in [1.29, 1.82) is 0 Å². The molecule has 1 rings (SSSR count). The number of anilines is 1. The van der Waals surface area contributed by atoms with Gasteiger partial charge < -0.3 is 10.1 Å². The molecule has 0 fully saturated rings. The lowest BCUT2D eigenvalue weighted by molar-refractivity contribution is -0.137. The minimum absolute atomic E-state index is 0.0164. The molecule has 0 saturated heterocycles. The van der Waals surface area contributed by atoms with Crippen molar-refractivity contribution >= 4 is 17.3 Å². The lowest BCUT2D eigenvalue weighted by Crippen LogP contribution is -2.28. The fourth-order valence-electron chi connectivity index (χ4n) is 1.40. The summed E-state index contributed by atoms with van der Waals surface area (Å²) in [4.78, 5) is 0. The number of ether oxygens (including phenoxy) is 1. The third kappa shape index (κ3) is 4.09. The lowest BCUT2D eigenvalue weighted by Gasteiger charge is -2.20. The van der Waals surface area contributed by atoms with Crippen molar-refractivity contribution in [1.82, 2.24) is 0 Å². The van der Waals surface area contributed by atoms with Crippen LogP contribution in [0.2, 0.25) is 0 Å². The molecule has 0 bridgehead atoms. The van der Waals surface area contributed by atoms with Gasteiger partial charge in [-0.15, -0.1) is 11.6 Å². The smallest absolute Gasteiger partial charge is 0.383 e. The molecule has 2 nitrogen and oxygen atoms in total. The van der Waals surface area contributed by atoms with E-state index in [2.05, 4.69) is 5.32 Å². The summed E-state index contributed by atoms with van der Waals surface area (Å²) in [6.45, 7) is 0.246. The molecule has 0 radical (unpaired) electrons. The van der Waals surface area contributed by atoms with Crippen LogP contribution in [0.25, 0.3) is 0 Å². The average molecular weight is 268 g/mol. The topological polar surface area (TPSA) is 21.3 Å². The molecule has 0 aliphatic carbocycles. The Balaban J connectivity index is 2.90. The van der Waals surface area contributed by atoms with Crippen molar-refractivity contribution in [3.63, 3.8) is 0 Å². The summed E-state index contributed by atoms with van der Waals surface area (Å²) in [6.07, 6.45) is -4.38. The van der Waals surface area contributed by atoms with Crippen LogP contribution in [0.15, 0.2) is 24.3 Å². The number of para-hydroxylation sites is 1. The van der Waals surface area contributed by atoms with E-state index in [4.69, 9.17) is 16.3 Å². The van der Waals surface area contributed by atoms with Gasteiger partial charge in [0.15, 0.2) is 0 Å². The fraction of sp³-hybridized carbons (Fsp3) is 0.455. The summed E-state index contributed by atoms with van der Waals surface area (Å²) in [5, 5.41) is 2.73. The molecule has 1 N–H and O–H groups in total. The zero-order valence-corrected chi connectivity index (χ0v) is 9.98. The van der Waals surface area contributed by atoms with Gasteiger partial charge in [-0.3, -0.25) is 0 Å². The van der Waals surface area contributed by atoms with E-state index in [-0.39, 0.29) is 24.2 Å². The van der Waals surface area contributed by atoms with Crippen LogP contribution >= 0.6 is 11.6 Å². The van der Waals surface area contributed by atoms with Gasteiger partial charge in [-0.2, -0.15) is 13.2 Å². The van der Waals surface area contributed by atoms with Crippen LogP contribution in [0.5, 0.6) is 0 Å². The van der Waals surface area contributed by atoms with Gasteiger partial charge in [0.05, 0.1) is 18.2 Å². The zero-order chi connectivity index (χ0) is 12.9. The van der Waals surface area contributed by atoms with Gasteiger partial charge in [0, 0.05) is 18.7 Å². The van der Waals surface area contributed by atoms with Crippen molar-refractivity contribution in [2.45, 2.75) is 12.2 Å². The first-order valence-corrected chi connectivity index (χ1v) is 5.50. The van der Waals surface area contributed by atoms with Gasteiger partial charge in [-0.25, -0.2) is 0 Å². The van der Waals surface area contributed by atoms with Gasteiger partial charge in [0.2, 0.25) is 0 Å². The number of rotatable bonds is 5. The second kappa shape index (κ2) is 6.12. The fourth-order valence-corrected chi connectivity index (χ4v) is 1.57. The Labute approximate surface area is 103 Å². The molecular formula is C11H13ClF3NO. The Kier molecular flexibility index (Phi) is 5.08. The third-order valence-electron chi connectivity index (χ3n) is 2.15. The molecule has 0 aliphatic heterocycles. The first kappa shape index (κ1) is 14.1. The van der Waals surface area contributed by atoms with E-state index in [0.717, 1.165) is 6.07 Å². The Hall–Kier alpha value is -0.940. The number of hydrogen-bond donors (Lipinski definition) is 1. The number of nitrogens with one attached hydrogen (secondary N) is 1. The maximum Gasteiger partial charge on any atom is 0.418 e. The largest absolute Gasteiger partial charge is 0.418 e. The molecule has 0 aliphatic rings. The standard InChI is InChI=1S/C11H13ClF3NO/c1-17-7-8(6-12)16-10-5-3-2-4-9(10)11(13,14)15/h2-5,8,16H,6-7H2,1H3. The highest BCUT2D eigenvalue weighted by Crippen LogP contribution is 2.34. The van der Waals surface area contributed by atoms with E-state index < -0.39 is 11.7 Å². The minimum atomic E-state index is -4.38. The molecular weight excluding hydrogens is 255 g/mol. The summed E-state index contributed by atoms with van der Waals surface area (Å²) in [7, 11) is 1.47.